The van der Waals surface area contributed by atoms with E-state index in [1.807, 2.05) is 23.6 Å². The summed E-state index contributed by atoms with van der Waals surface area (Å²) in [5.74, 6) is 1.28. The van der Waals surface area contributed by atoms with Gasteiger partial charge in [-0.05, 0) is 26.0 Å². The van der Waals surface area contributed by atoms with Gasteiger partial charge in [-0.15, -0.1) is 11.3 Å². The van der Waals surface area contributed by atoms with E-state index < -0.39 is 0 Å². The molecule has 1 aromatic carbocycles. The molecule has 0 aliphatic heterocycles. The largest absolute Gasteiger partial charge is 0.496 e. The molecule has 7 heteroatoms. The molecule has 3 aromatic rings. The quantitative estimate of drug-likeness (QED) is 0.702. The molecule has 24 heavy (non-hydrogen) atoms. The molecule has 0 aliphatic carbocycles. The van der Waals surface area contributed by atoms with Crippen molar-refractivity contribution >= 4 is 39.0 Å². The predicted molar refractivity (Wildman–Crippen MR) is 99.7 cm³/mol. The van der Waals surface area contributed by atoms with Crippen molar-refractivity contribution in [3.05, 3.63) is 28.6 Å². The number of benzene rings is 1. The third-order valence-corrected chi connectivity index (χ3v) is 4.60. The van der Waals surface area contributed by atoms with E-state index in [0.717, 1.165) is 16.2 Å². The van der Waals surface area contributed by atoms with Gasteiger partial charge in [-0.1, -0.05) is 11.6 Å². The minimum atomic E-state index is 0.321. The van der Waals surface area contributed by atoms with Crippen molar-refractivity contribution in [2.24, 2.45) is 0 Å². The number of thiazole rings is 1. The van der Waals surface area contributed by atoms with Gasteiger partial charge in [-0.3, -0.25) is 0 Å². The van der Waals surface area contributed by atoms with Gasteiger partial charge in [0.15, 0.2) is 5.13 Å². The lowest BCUT2D eigenvalue weighted by Crippen LogP contribution is -2.09. The van der Waals surface area contributed by atoms with E-state index >= 15 is 0 Å². The Kier molecular flexibility index (Phi) is 4.78. The second kappa shape index (κ2) is 6.83. The molecule has 1 N–H and O–H groups in total. The molecule has 0 saturated heterocycles. The minimum absolute atomic E-state index is 0.321. The molecule has 0 unspecified atom stereocenters. The van der Waals surface area contributed by atoms with Crippen LogP contribution in [0.2, 0.25) is 5.02 Å². The molecule has 0 amide bonds. The zero-order chi connectivity index (χ0) is 17.3. The number of hydrogen-bond acceptors (Lipinski definition) is 6. The number of methoxy groups -OCH3 is 2. The Morgan fingerprint density at radius 2 is 1.83 bits per heavy atom. The topological polar surface area (TPSA) is 56.3 Å². The maximum absolute atomic E-state index is 6.43. The highest BCUT2D eigenvalue weighted by Crippen LogP contribution is 2.38. The lowest BCUT2D eigenvalue weighted by Gasteiger charge is -2.11. The molecular formula is C17H18ClN3O2S. The molecule has 2 aromatic heterocycles. The zero-order valence-corrected chi connectivity index (χ0v) is 15.5. The Bertz CT molecular complexity index is 880. The summed E-state index contributed by atoms with van der Waals surface area (Å²) in [5, 5.41) is 7.42. The van der Waals surface area contributed by atoms with Crippen LogP contribution in [-0.4, -0.2) is 30.2 Å². The van der Waals surface area contributed by atoms with Gasteiger partial charge in [0, 0.05) is 22.9 Å². The van der Waals surface area contributed by atoms with Crippen molar-refractivity contribution in [2.45, 2.75) is 19.9 Å². The van der Waals surface area contributed by atoms with E-state index in [0.29, 0.717) is 33.8 Å². The van der Waals surface area contributed by atoms with Gasteiger partial charge in [-0.25, -0.2) is 9.97 Å². The third-order valence-electron chi connectivity index (χ3n) is 3.46. The van der Waals surface area contributed by atoms with Gasteiger partial charge in [0.1, 0.15) is 22.2 Å². The molecule has 0 fully saturated rings. The number of hydrogen-bond donors (Lipinski definition) is 1. The summed E-state index contributed by atoms with van der Waals surface area (Å²) in [4.78, 5) is 9.27. The molecule has 5 nitrogen and oxygen atoms in total. The smallest absolute Gasteiger partial charge is 0.183 e. The van der Waals surface area contributed by atoms with Gasteiger partial charge in [-0.2, -0.15) is 0 Å². The van der Waals surface area contributed by atoms with E-state index in [4.69, 9.17) is 21.1 Å². The van der Waals surface area contributed by atoms with Crippen LogP contribution in [0.1, 0.15) is 13.8 Å². The summed E-state index contributed by atoms with van der Waals surface area (Å²) in [6.07, 6.45) is 0. The van der Waals surface area contributed by atoms with Gasteiger partial charge in [0.2, 0.25) is 0 Å². The number of nitrogens with zero attached hydrogens (tertiary/aromatic N) is 2. The Hall–Kier alpha value is -2.05. The molecular weight excluding hydrogens is 346 g/mol. The average molecular weight is 364 g/mol. The number of rotatable bonds is 5. The first-order valence-electron chi connectivity index (χ1n) is 7.47. The van der Waals surface area contributed by atoms with Crippen LogP contribution >= 0.6 is 22.9 Å². The maximum atomic E-state index is 6.43. The van der Waals surface area contributed by atoms with Crippen LogP contribution in [0.5, 0.6) is 11.5 Å². The lowest BCUT2D eigenvalue weighted by molar-refractivity contribution is 0.414. The number of halogens is 1. The fourth-order valence-electron chi connectivity index (χ4n) is 2.37. The van der Waals surface area contributed by atoms with Crippen molar-refractivity contribution in [3.63, 3.8) is 0 Å². The Labute approximate surface area is 149 Å². The zero-order valence-electron chi connectivity index (χ0n) is 13.9. The second-order valence-electron chi connectivity index (χ2n) is 5.52. The number of aromatic nitrogens is 2. The summed E-state index contributed by atoms with van der Waals surface area (Å²) < 4.78 is 10.8. The lowest BCUT2D eigenvalue weighted by atomic mass is 10.1. The molecule has 0 radical (unpaired) electrons. The van der Waals surface area contributed by atoms with E-state index in [-0.39, 0.29) is 0 Å². The summed E-state index contributed by atoms with van der Waals surface area (Å²) in [5.41, 5.74) is 2.13. The van der Waals surface area contributed by atoms with Crippen molar-refractivity contribution in [1.82, 2.24) is 9.97 Å². The first-order chi connectivity index (χ1) is 11.5. The highest BCUT2D eigenvalue weighted by Gasteiger charge is 2.15. The molecule has 0 aliphatic rings. The SMILES string of the molecule is COc1ccc2c(OC)cc(-c3csc(NC(C)C)n3)nc2c1Cl. The molecule has 0 bridgehead atoms. The average Bonchev–Trinajstić information content (AvgIpc) is 3.02. The Morgan fingerprint density at radius 1 is 1.08 bits per heavy atom. The monoisotopic (exact) mass is 363 g/mol. The summed E-state index contributed by atoms with van der Waals surface area (Å²) in [6, 6.07) is 5.89. The van der Waals surface area contributed by atoms with Crippen LogP contribution < -0.4 is 14.8 Å². The van der Waals surface area contributed by atoms with E-state index in [2.05, 4.69) is 29.1 Å². The van der Waals surface area contributed by atoms with E-state index in [9.17, 15) is 0 Å². The van der Waals surface area contributed by atoms with Crippen LogP contribution in [0, 0.1) is 0 Å². The maximum Gasteiger partial charge on any atom is 0.183 e. The number of anilines is 1. The van der Waals surface area contributed by atoms with Gasteiger partial charge >= 0.3 is 0 Å². The fourth-order valence-corrected chi connectivity index (χ4v) is 3.51. The first-order valence-corrected chi connectivity index (χ1v) is 8.73. The van der Waals surface area contributed by atoms with Crippen molar-refractivity contribution < 1.29 is 9.47 Å². The summed E-state index contributed by atoms with van der Waals surface area (Å²) >= 11 is 7.97. The second-order valence-corrected chi connectivity index (χ2v) is 6.76. The Morgan fingerprint density at radius 3 is 2.50 bits per heavy atom. The van der Waals surface area contributed by atoms with Crippen molar-refractivity contribution in [2.75, 3.05) is 19.5 Å². The number of nitrogens with one attached hydrogen (secondary N) is 1. The van der Waals surface area contributed by atoms with Gasteiger partial charge in [0.05, 0.1) is 25.4 Å². The molecule has 3 rings (SSSR count). The van der Waals surface area contributed by atoms with Crippen LogP contribution in [0.3, 0.4) is 0 Å². The first kappa shape index (κ1) is 16.8. The molecule has 2 heterocycles. The van der Waals surface area contributed by atoms with Crippen LogP contribution in [0.15, 0.2) is 23.6 Å². The number of fused-ring (bicyclic) bond motifs is 1. The fraction of sp³-hybridized carbons (Fsp3) is 0.294. The molecule has 126 valence electrons. The molecule has 0 spiro atoms. The van der Waals surface area contributed by atoms with Crippen LogP contribution in [-0.2, 0) is 0 Å². The minimum Gasteiger partial charge on any atom is -0.496 e. The van der Waals surface area contributed by atoms with Gasteiger partial charge in [0.25, 0.3) is 0 Å². The standard InChI is InChI=1S/C17H18ClN3O2S/c1-9(2)19-17-21-12(8-24-17)11-7-14(23-4)10-5-6-13(22-3)15(18)16(10)20-11/h5-9H,1-4H3,(H,19,21). The number of pyridine rings is 1. The van der Waals surface area contributed by atoms with Crippen molar-refractivity contribution in [1.29, 1.82) is 0 Å². The Balaban J connectivity index is 2.14. The third kappa shape index (κ3) is 3.12. The van der Waals surface area contributed by atoms with Crippen LogP contribution in [0.25, 0.3) is 22.3 Å². The number of ether oxygens (including phenoxy) is 2. The highest BCUT2D eigenvalue weighted by atomic mass is 35.5. The van der Waals surface area contributed by atoms with Crippen molar-refractivity contribution in [3.8, 4) is 22.9 Å². The summed E-state index contributed by atoms with van der Waals surface area (Å²) in [7, 11) is 3.21. The van der Waals surface area contributed by atoms with E-state index in [1.54, 1.807) is 25.6 Å². The van der Waals surface area contributed by atoms with E-state index in [1.165, 1.54) is 0 Å². The summed E-state index contributed by atoms with van der Waals surface area (Å²) in [6.45, 7) is 4.15. The van der Waals surface area contributed by atoms with Gasteiger partial charge < -0.3 is 14.8 Å². The normalized spacial score (nSPS) is 11.1. The highest BCUT2D eigenvalue weighted by molar-refractivity contribution is 7.14. The molecule has 0 saturated carbocycles. The predicted octanol–water partition coefficient (Wildman–Crippen LogP) is 4.85. The molecule has 0 atom stereocenters. The van der Waals surface area contributed by atoms with Crippen LogP contribution in [0.4, 0.5) is 5.13 Å².